The van der Waals surface area contributed by atoms with Crippen LogP contribution in [0.25, 0.3) is 11.1 Å². The van der Waals surface area contributed by atoms with Gasteiger partial charge >= 0.3 is 5.97 Å². The zero-order valence-electron chi connectivity index (χ0n) is 9.55. The topological polar surface area (TPSA) is 59.4 Å². The normalized spacial score (nSPS) is 10.1. The van der Waals surface area contributed by atoms with E-state index in [0.717, 1.165) is 0 Å². The molecule has 0 atom stereocenters. The summed E-state index contributed by atoms with van der Waals surface area (Å²) in [5.74, 6) is -1.42. The van der Waals surface area contributed by atoms with Crippen LogP contribution in [-0.4, -0.2) is 23.2 Å². The van der Waals surface area contributed by atoms with Gasteiger partial charge in [0, 0.05) is 11.8 Å². The molecule has 1 aromatic heterocycles. The van der Waals surface area contributed by atoms with Gasteiger partial charge in [0.1, 0.15) is 11.4 Å². The van der Waals surface area contributed by atoms with Crippen molar-refractivity contribution >= 4 is 5.97 Å². The van der Waals surface area contributed by atoms with Gasteiger partial charge in [-0.2, -0.15) is 0 Å². The molecule has 1 heterocycles. The lowest BCUT2D eigenvalue weighted by atomic mass is 10.1. The summed E-state index contributed by atoms with van der Waals surface area (Å²) in [6.45, 7) is 0. The molecule has 0 fully saturated rings. The van der Waals surface area contributed by atoms with Crippen LogP contribution in [0.3, 0.4) is 0 Å². The Hall–Kier alpha value is -2.43. The largest absolute Gasteiger partial charge is 0.480 e. The van der Waals surface area contributed by atoms with Crippen LogP contribution < -0.4 is 4.74 Å². The molecule has 0 radical (unpaired) electrons. The monoisotopic (exact) mass is 247 g/mol. The third-order valence-electron chi connectivity index (χ3n) is 2.45. The molecule has 18 heavy (non-hydrogen) atoms. The molecular formula is C13H10FNO3. The van der Waals surface area contributed by atoms with E-state index in [1.807, 2.05) is 0 Å². The molecular weight excluding hydrogens is 237 g/mol. The molecule has 5 heteroatoms. The Labute approximate surface area is 103 Å². The molecule has 0 saturated heterocycles. The van der Waals surface area contributed by atoms with Crippen LogP contribution in [0.4, 0.5) is 4.39 Å². The van der Waals surface area contributed by atoms with Crippen molar-refractivity contribution in [2.45, 2.75) is 0 Å². The predicted octanol–water partition coefficient (Wildman–Crippen LogP) is 2.59. The lowest BCUT2D eigenvalue weighted by Gasteiger charge is -2.06. The molecule has 0 spiro atoms. The maximum Gasteiger partial charge on any atom is 0.341 e. The lowest BCUT2D eigenvalue weighted by molar-refractivity contribution is 0.0692. The molecule has 0 saturated carbocycles. The predicted molar refractivity (Wildman–Crippen MR) is 63.1 cm³/mol. The number of rotatable bonds is 3. The van der Waals surface area contributed by atoms with Crippen molar-refractivity contribution < 1.29 is 19.0 Å². The highest BCUT2D eigenvalue weighted by Gasteiger charge is 2.13. The van der Waals surface area contributed by atoms with Gasteiger partial charge in [-0.1, -0.05) is 12.1 Å². The molecule has 1 aromatic carbocycles. The first-order valence-electron chi connectivity index (χ1n) is 5.15. The molecule has 0 amide bonds. The number of nitrogens with zero attached hydrogens (tertiary/aromatic N) is 1. The van der Waals surface area contributed by atoms with Crippen LogP contribution in [-0.2, 0) is 0 Å². The molecule has 2 rings (SSSR count). The van der Waals surface area contributed by atoms with E-state index >= 15 is 0 Å². The maximum atomic E-state index is 12.8. The van der Waals surface area contributed by atoms with E-state index in [4.69, 9.17) is 9.84 Å². The Morgan fingerprint density at radius 1 is 1.28 bits per heavy atom. The number of hydrogen-bond acceptors (Lipinski definition) is 3. The second-order valence-electron chi connectivity index (χ2n) is 3.59. The van der Waals surface area contributed by atoms with E-state index in [1.165, 1.54) is 31.5 Å². The van der Waals surface area contributed by atoms with Crippen molar-refractivity contribution in [3.63, 3.8) is 0 Å². The van der Waals surface area contributed by atoms with Crippen molar-refractivity contribution in [1.29, 1.82) is 0 Å². The van der Waals surface area contributed by atoms with E-state index in [9.17, 15) is 9.18 Å². The van der Waals surface area contributed by atoms with Crippen LogP contribution in [0.15, 0.2) is 36.5 Å². The SMILES string of the molecule is COc1ncc(-c2ccc(F)cc2)cc1C(=O)O. The van der Waals surface area contributed by atoms with Crippen molar-refractivity contribution in [1.82, 2.24) is 4.98 Å². The summed E-state index contributed by atoms with van der Waals surface area (Å²) in [5, 5.41) is 9.03. The second kappa shape index (κ2) is 4.83. The highest BCUT2D eigenvalue weighted by molar-refractivity contribution is 5.91. The summed E-state index contributed by atoms with van der Waals surface area (Å²) in [4.78, 5) is 15.0. The number of aromatic nitrogens is 1. The summed E-state index contributed by atoms with van der Waals surface area (Å²) in [6, 6.07) is 7.18. The number of methoxy groups -OCH3 is 1. The number of carboxylic acids is 1. The third-order valence-corrected chi connectivity index (χ3v) is 2.45. The standard InChI is InChI=1S/C13H10FNO3/c1-18-12-11(13(16)17)6-9(7-15-12)8-2-4-10(14)5-3-8/h2-7H,1H3,(H,16,17). The van der Waals surface area contributed by atoms with Crippen LogP contribution in [0, 0.1) is 5.82 Å². The number of carboxylic acid groups (broad SMARTS) is 1. The molecule has 0 aliphatic rings. The van der Waals surface area contributed by atoms with Crippen LogP contribution in [0.1, 0.15) is 10.4 Å². The molecule has 0 unspecified atom stereocenters. The van der Waals surface area contributed by atoms with E-state index < -0.39 is 5.97 Å². The summed E-state index contributed by atoms with van der Waals surface area (Å²) >= 11 is 0. The smallest absolute Gasteiger partial charge is 0.341 e. The molecule has 1 N–H and O–H groups in total. The molecule has 4 nitrogen and oxygen atoms in total. The number of carbonyl (C=O) groups is 1. The van der Waals surface area contributed by atoms with E-state index in [2.05, 4.69) is 4.98 Å². The zero-order chi connectivity index (χ0) is 13.1. The molecule has 0 aliphatic carbocycles. The van der Waals surface area contributed by atoms with Crippen LogP contribution >= 0.6 is 0 Å². The number of hydrogen-bond donors (Lipinski definition) is 1. The number of halogens is 1. The minimum atomic E-state index is -1.12. The fraction of sp³-hybridized carbons (Fsp3) is 0.0769. The Balaban J connectivity index is 2.49. The van der Waals surface area contributed by atoms with Crippen molar-refractivity contribution in [2.24, 2.45) is 0 Å². The van der Waals surface area contributed by atoms with Crippen LogP contribution in [0.2, 0.25) is 0 Å². The van der Waals surface area contributed by atoms with E-state index in [1.54, 1.807) is 12.1 Å². The fourth-order valence-corrected chi connectivity index (χ4v) is 1.57. The third kappa shape index (κ3) is 2.29. The summed E-state index contributed by atoms with van der Waals surface area (Å²) in [5.41, 5.74) is 1.25. The number of ether oxygens (including phenoxy) is 1. The van der Waals surface area contributed by atoms with Gasteiger partial charge in [0.15, 0.2) is 0 Å². The lowest BCUT2D eigenvalue weighted by Crippen LogP contribution is -2.02. The Morgan fingerprint density at radius 2 is 1.94 bits per heavy atom. The van der Waals surface area contributed by atoms with Gasteiger partial charge < -0.3 is 9.84 Å². The summed E-state index contributed by atoms with van der Waals surface area (Å²) in [6.07, 6.45) is 1.48. The summed E-state index contributed by atoms with van der Waals surface area (Å²) in [7, 11) is 1.35. The number of pyridine rings is 1. The van der Waals surface area contributed by atoms with E-state index in [0.29, 0.717) is 11.1 Å². The first-order valence-corrected chi connectivity index (χ1v) is 5.15. The maximum absolute atomic E-state index is 12.8. The second-order valence-corrected chi connectivity index (χ2v) is 3.59. The molecule has 0 aliphatic heterocycles. The summed E-state index contributed by atoms with van der Waals surface area (Å²) < 4.78 is 17.7. The Bertz CT molecular complexity index is 581. The van der Waals surface area contributed by atoms with Gasteiger partial charge in [-0.15, -0.1) is 0 Å². The Morgan fingerprint density at radius 3 is 2.50 bits per heavy atom. The first-order chi connectivity index (χ1) is 8.61. The van der Waals surface area contributed by atoms with Crippen molar-refractivity contribution in [2.75, 3.05) is 7.11 Å². The highest BCUT2D eigenvalue weighted by Crippen LogP contribution is 2.24. The van der Waals surface area contributed by atoms with Crippen molar-refractivity contribution in [3.05, 3.63) is 47.9 Å². The fourth-order valence-electron chi connectivity index (χ4n) is 1.57. The minimum absolute atomic E-state index is 0.0284. The average molecular weight is 247 g/mol. The minimum Gasteiger partial charge on any atom is -0.480 e. The average Bonchev–Trinajstić information content (AvgIpc) is 2.39. The zero-order valence-corrected chi connectivity index (χ0v) is 9.55. The van der Waals surface area contributed by atoms with Crippen LogP contribution in [0.5, 0.6) is 5.88 Å². The number of aromatic carboxylic acids is 1. The van der Waals surface area contributed by atoms with E-state index in [-0.39, 0.29) is 17.3 Å². The van der Waals surface area contributed by atoms with Gasteiger partial charge in [-0.3, -0.25) is 0 Å². The molecule has 2 aromatic rings. The van der Waals surface area contributed by atoms with Gasteiger partial charge in [0.05, 0.1) is 7.11 Å². The number of benzene rings is 1. The quantitative estimate of drug-likeness (QED) is 0.905. The van der Waals surface area contributed by atoms with Gasteiger partial charge in [0.2, 0.25) is 5.88 Å². The van der Waals surface area contributed by atoms with Gasteiger partial charge in [-0.05, 0) is 23.8 Å². The van der Waals surface area contributed by atoms with Gasteiger partial charge in [-0.25, -0.2) is 14.2 Å². The molecule has 92 valence electrons. The highest BCUT2D eigenvalue weighted by atomic mass is 19.1. The van der Waals surface area contributed by atoms with Gasteiger partial charge in [0.25, 0.3) is 0 Å². The Kier molecular flexibility index (Phi) is 3.23. The van der Waals surface area contributed by atoms with Crippen molar-refractivity contribution in [3.8, 4) is 17.0 Å². The first kappa shape index (κ1) is 12.0. The molecule has 0 bridgehead atoms.